The molecule has 2 rings (SSSR count). The van der Waals surface area contributed by atoms with Gasteiger partial charge in [0.15, 0.2) is 0 Å². The standard InChI is InChI=1S/C27H33NO8/c1-18(2)36-27(33)35-17-34-26(32)19(3)15-23(28-24(29)13-14-25(30)31)16-20-9-11-22(12-10-20)21-7-5-4-6-8-21/h4-12,18-19,23H,13-17H2,1-3H3,(H,28,29)(H,30,31)/t19-,23+/m1/s1. The van der Waals surface area contributed by atoms with Crippen molar-refractivity contribution in [2.45, 2.75) is 58.6 Å². The van der Waals surface area contributed by atoms with Gasteiger partial charge >= 0.3 is 18.1 Å². The van der Waals surface area contributed by atoms with Crippen LogP contribution in [0.2, 0.25) is 0 Å². The van der Waals surface area contributed by atoms with E-state index >= 15 is 0 Å². The van der Waals surface area contributed by atoms with E-state index in [1.807, 2.05) is 54.6 Å². The molecule has 1 amide bonds. The number of ether oxygens (including phenoxy) is 3. The maximum absolute atomic E-state index is 12.4. The van der Waals surface area contributed by atoms with Gasteiger partial charge in [0, 0.05) is 12.5 Å². The third-order valence-electron chi connectivity index (χ3n) is 5.22. The van der Waals surface area contributed by atoms with Gasteiger partial charge in [-0.05, 0) is 43.4 Å². The lowest BCUT2D eigenvalue weighted by molar-refractivity contribution is -0.158. The summed E-state index contributed by atoms with van der Waals surface area (Å²) in [5.41, 5.74) is 3.08. The average molecular weight is 500 g/mol. The normalized spacial score (nSPS) is 12.3. The van der Waals surface area contributed by atoms with E-state index in [0.717, 1.165) is 16.7 Å². The van der Waals surface area contributed by atoms with Crippen LogP contribution in [0.3, 0.4) is 0 Å². The summed E-state index contributed by atoms with van der Waals surface area (Å²) in [7, 11) is 0. The van der Waals surface area contributed by atoms with Crippen LogP contribution in [-0.2, 0) is 35.0 Å². The molecule has 36 heavy (non-hydrogen) atoms. The number of hydrogen-bond acceptors (Lipinski definition) is 7. The lowest BCUT2D eigenvalue weighted by Gasteiger charge is -2.22. The molecule has 0 unspecified atom stereocenters. The molecule has 0 spiro atoms. The molecule has 2 atom stereocenters. The van der Waals surface area contributed by atoms with Gasteiger partial charge in [0.05, 0.1) is 18.4 Å². The van der Waals surface area contributed by atoms with Gasteiger partial charge in [-0.3, -0.25) is 14.4 Å². The Kier molecular flexibility index (Phi) is 11.4. The summed E-state index contributed by atoms with van der Waals surface area (Å²) in [5, 5.41) is 11.7. The molecule has 2 N–H and O–H groups in total. The third-order valence-corrected chi connectivity index (χ3v) is 5.22. The number of benzene rings is 2. The minimum Gasteiger partial charge on any atom is -0.481 e. The van der Waals surface area contributed by atoms with Crippen LogP contribution < -0.4 is 5.32 Å². The van der Waals surface area contributed by atoms with Gasteiger partial charge in [-0.2, -0.15) is 0 Å². The van der Waals surface area contributed by atoms with Crippen molar-refractivity contribution in [3.63, 3.8) is 0 Å². The van der Waals surface area contributed by atoms with Crippen LogP contribution in [-0.4, -0.2) is 48.0 Å². The number of aliphatic carboxylic acids is 1. The minimum atomic E-state index is -1.06. The first kappa shape index (κ1) is 28.4. The highest BCUT2D eigenvalue weighted by Gasteiger charge is 2.23. The van der Waals surface area contributed by atoms with Crippen LogP contribution in [0, 0.1) is 5.92 Å². The number of nitrogens with one attached hydrogen (secondary N) is 1. The van der Waals surface area contributed by atoms with Crippen LogP contribution in [0.5, 0.6) is 0 Å². The maximum Gasteiger partial charge on any atom is 0.511 e. The van der Waals surface area contributed by atoms with Gasteiger partial charge in [-0.25, -0.2) is 4.79 Å². The maximum atomic E-state index is 12.4. The van der Waals surface area contributed by atoms with E-state index in [1.54, 1.807) is 20.8 Å². The topological polar surface area (TPSA) is 128 Å². The molecule has 2 aromatic rings. The molecular formula is C27H33NO8. The van der Waals surface area contributed by atoms with Crippen molar-refractivity contribution in [3.8, 4) is 11.1 Å². The molecule has 0 fully saturated rings. The van der Waals surface area contributed by atoms with Crippen LogP contribution in [0.4, 0.5) is 4.79 Å². The van der Waals surface area contributed by atoms with Crippen LogP contribution in [0.25, 0.3) is 11.1 Å². The van der Waals surface area contributed by atoms with E-state index in [-0.39, 0.29) is 25.4 Å². The minimum absolute atomic E-state index is 0.163. The van der Waals surface area contributed by atoms with Gasteiger partial charge < -0.3 is 24.6 Å². The predicted octanol–water partition coefficient (Wildman–Crippen LogP) is 4.33. The summed E-state index contributed by atoms with van der Waals surface area (Å²) in [5.74, 6) is -2.70. The van der Waals surface area contributed by atoms with E-state index in [4.69, 9.17) is 19.3 Å². The van der Waals surface area contributed by atoms with E-state index in [1.165, 1.54) is 0 Å². The number of carboxylic acid groups (broad SMARTS) is 1. The van der Waals surface area contributed by atoms with Gasteiger partial charge in [0.25, 0.3) is 0 Å². The molecule has 0 bridgehead atoms. The van der Waals surface area contributed by atoms with Gasteiger partial charge in [-0.15, -0.1) is 0 Å². The largest absolute Gasteiger partial charge is 0.511 e. The molecule has 0 aliphatic carbocycles. The first-order valence-corrected chi connectivity index (χ1v) is 11.8. The Bertz CT molecular complexity index is 1000. The molecule has 194 valence electrons. The van der Waals surface area contributed by atoms with Crippen molar-refractivity contribution in [3.05, 3.63) is 60.2 Å². The second-order valence-electron chi connectivity index (χ2n) is 8.70. The third kappa shape index (κ3) is 10.6. The number of amides is 1. The first-order valence-electron chi connectivity index (χ1n) is 11.8. The van der Waals surface area contributed by atoms with Gasteiger partial charge in [-0.1, -0.05) is 61.5 Å². The Labute approximate surface area is 210 Å². The second-order valence-corrected chi connectivity index (χ2v) is 8.70. The Balaban J connectivity index is 2.00. The van der Waals surface area contributed by atoms with E-state index in [2.05, 4.69) is 5.32 Å². The van der Waals surface area contributed by atoms with Crippen molar-refractivity contribution in [2.24, 2.45) is 5.92 Å². The summed E-state index contributed by atoms with van der Waals surface area (Å²) in [6.45, 7) is 4.39. The summed E-state index contributed by atoms with van der Waals surface area (Å²) >= 11 is 0. The lowest BCUT2D eigenvalue weighted by Crippen LogP contribution is -2.39. The highest BCUT2D eigenvalue weighted by Crippen LogP contribution is 2.21. The monoisotopic (exact) mass is 499 g/mol. The molecule has 2 aromatic carbocycles. The molecule has 0 aliphatic heterocycles. The zero-order valence-electron chi connectivity index (χ0n) is 20.8. The van der Waals surface area contributed by atoms with Crippen molar-refractivity contribution >= 4 is 24.0 Å². The average Bonchev–Trinajstić information content (AvgIpc) is 2.83. The number of carbonyl (C=O) groups excluding carboxylic acids is 3. The lowest BCUT2D eigenvalue weighted by atomic mass is 9.94. The van der Waals surface area contributed by atoms with E-state index in [9.17, 15) is 19.2 Å². The fourth-order valence-corrected chi connectivity index (χ4v) is 3.49. The van der Waals surface area contributed by atoms with Crippen molar-refractivity contribution < 1.29 is 38.5 Å². The molecule has 0 saturated carbocycles. The zero-order chi connectivity index (χ0) is 26.5. The number of carboxylic acids is 1. The summed E-state index contributed by atoms with van der Waals surface area (Å²) in [6.07, 6.45) is -1.07. The Morgan fingerprint density at radius 3 is 2.11 bits per heavy atom. The summed E-state index contributed by atoms with van der Waals surface area (Å²) < 4.78 is 14.5. The fraction of sp³-hybridized carbons (Fsp3) is 0.407. The van der Waals surface area contributed by atoms with E-state index < -0.39 is 42.8 Å². The zero-order valence-corrected chi connectivity index (χ0v) is 20.8. The van der Waals surface area contributed by atoms with Crippen molar-refractivity contribution in [1.29, 1.82) is 0 Å². The predicted molar refractivity (Wildman–Crippen MR) is 132 cm³/mol. The van der Waals surface area contributed by atoms with Gasteiger partial charge in [0.1, 0.15) is 0 Å². The second kappa shape index (κ2) is 14.5. The van der Waals surface area contributed by atoms with Crippen LogP contribution >= 0.6 is 0 Å². The van der Waals surface area contributed by atoms with Crippen LogP contribution in [0.1, 0.15) is 45.6 Å². The summed E-state index contributed by atoms with van der Waals surface area (Å²) in [6, 6.07) is 17.3. The first-order chi connectivity index (χ1) is 17.1. The Morgan fingerprint density at radius 2 is 1.50 bits per heavy atom. The van der Waals surface area contributed by atoms with Gasteiger partial charge in [0.2, 0.25) is 12.7 Å². The van der Waals surface area contributed by atoms with Crippen molar-refractivity contribution in [1.82, 2.24) is 5.32 Å². The number of carbonyl (C=O) groups is 4. The summed E-state index contributed by atoms with van der Waals surface area (Å²) in [4.78, 5) is 46.9. The molecule has 0 aromatic heterocycles. The highest BCUT2D eigenvalue weighted by molar-refractivity contribution is 5.81. The molecule has 0 heterocycles. The smallest absolute Gasteiger partial charge is 0.481 e. The molecular weight excluding hydrogens is 466 g/mol. The van der Waals surface area contributed by atoms with Crippen molar-refractivity contribution in [2.75, 3.05) is 6.79 Å². The fourth-order valence-electron chi connectivity index (χ4n) is 3.49. The number of esters is 1. The quantitative estimate of drug-likeness (QED) is 0.308. The van der Waals surface area contributed by atoms with Crippen LogP contribution in [0.15, 0.2) is 54.6 Å². The molecule has 0 saturated heterocycles. The Hall–Kier alpha value is -3.88. The van der Waals surface area contributed by atoms with E-state index in [0.29, 0.717) is 6.42 Å². The SMILES string of the molecule is CC(C)OC(=O)OCOC(=O)[C@H](C)C[C@@H](Cc1ccc(-c2ccccc2)cc1)NC(=O)CCC(=O)O. The molecule has 9 nitrogen and oxygen atoms in total. The highest BCUT2D eigenvalue weighted by atomic mass is 16.8. The molecule has 0 aliphatic rings. The molecule has 0 radical (unpaired) electrons. The molecule has 9 heteroatoms. The number of hydrogen-bond donors (Lipinski definition) is 2. The Morgan fingerprint density at radius 1 is 0.861 bits per heavy atom. The number of rotatable bonds is 13.